The standard InChI is InChI=1S/C21H21NO4/c1-21(11-16-7-2-4-8-17(16)19(23)26-21)20(24)22-12-14-10-15-6-3-5-9-18(15)25-13-14/h2-9,14H,10-13H2,1H3,(H,22,24). The lowest BCUT2D eigenvalue weighted by Crippen LogP contribution is -2.52. The summed E-state index contributed by atoms with van der Waals surface area (Å²) in [6.45, 7) is 2.72. The molecule has 2 heterocycles. The largest absolute Gasteiger partial charge is 0.493 e. The molecule has 2 aliphatic heterocycles. The fourth-order valence-corrected chi connectivity index (χ4v) is 3.61. The highest BCUT2D eigenvalue weighted by atomic mass is 16.6. The van der Waals surface area contributed by atoms with Crippen LogP contribution in [0.15, 0.2) is 48.5 Å². The Morgan fingerprint density at radius 3 is 2.73 bits per heavy atom. The molecule has 0 bridgehead atoms. The second-order valence-corrected chi connectivity index (χ2v) is 7.15. The topological polar surface area (TPSA) is 64.6 Å². The Labute approximate surface area is 152 Å². The van der Waals surface area contributed by atoms with Crippen LogP contribution in [0.1, 0.15) is 28.4 Å². The van der Waals surface area contributed by atoms with E-state index in [9.17, 15) is 9.59 Å². The number of fused-ring (bicyclic) bond motifs is 2. The van der Waals surface area contributed by atoms with Crippen LogP contribution in [-0.2, 0) is 22.4 Å². The Morgan fingerprint density at radius 2 is 1.88 bits per heavy atom. The van der Waals surface area contributed by atoms with Crippen LogP contribution < -0.4 is 10.1 Å². The van der Waals surface area contributed by atoms with Gasteiger partial charge in [0.05, 0.1) is 12.2 Å². The number of para-hydroxylation sites is 1. The molecule has 2 unspecified atom stereocenters. The minimum absolute atomic E-state index is 0.198. The molecule has 1 N–H and O–H groups in total. The molecule has 5 nitrogen and oxygen atoms in total. The SMILES string of the molecule is CC1(C(=O)NCC2COc3ccccc3C2)Cc2ccccc2C(=O)O1. The molecule has 2 aliphatic rings. The van der Waals surface area contributed by atoms with E-state index in [-0.39, 0.29) is 11.8 Å². The first-order chi connectivity index (χ1) is 12.5. The number of cyclic esters (lactones) is 1. The van der Waals surface area contributed by atoms with Crippen molar-refractivity contribution in [3.8, 4) is 5.75 Å². The van der Waals surface area contributed by atoms with Gasteiger partial charge >= 0.3 is 5.97 Å². The molecule has 0 saturated carbocycles. The van der Waals surface area contributed by atoms with Crippen LogP contribution >= 0.6 is 0 Å². The number of amides is 1. The summed E-state index contributed by atoms with van der Waals surface area (Å²) in [6.07, 6.45) is 1.24. The summed E-state index contributed by atoms with van der Waals surface area (Å²) >= 11 is 0. The zero-order valence-electron chi connectivity index (χ0n) is 14.7. The summed E-state index contributed by atoms with van der Waals surface area (Å²) in [4.78, 5) is 25.0. The van der Waals surface area contributed by atoms with E-state index in [0.717, 1.165) is 23.3 Å². The maximum absolute atomic E-state index is 12.7. The van der Waals surface area contributed by atoms with Crippen LogP contribution in [0.25, 0.3) is 0 Å². The van der Waals surface area contributed by atoms with Gasteiger partial charge in [-0.25, -0.2) is 4.79 Å². The first kappa shape index (κ1) is 16.6. The van der Waals surface area contributed by atoms with Crippen molar-refractivity contribution in [3.63, 3.8) is 0 Å². The molecule has 2 atom stereocenters. The van der Waals surface area contributed by atoms with Crippen LogP contribution in [-0.4, -0.2) is 30.6 Å². The molecule has 0 spiro atoms. The van der Waals surface area contributed by atoms with Gasteiger partial charge in [0.15, 0.2) is 5.60 Å². The van der Waals surface area contributed by atoms with Gasteiger partial charge in [-0.2, -0.15) is 0 Å². The van der Waals surface area contributed by atoms with Crippen molar-refractivity contribution in [3.05, 3.63) is 65.2 Å². The smallest absolute Gasteiger partial charge is 0.339 e. The third-order valence-corrected chi connectivity index (χ3v) is 5.07. The number of nitrogens with one attached hydrogen (secondary N) is 1. The summed E-state index contributed by atoms with van der Waals surface area (Å²) in [5.74, 6) is 0.405. The average Bonchev–Trinajstić information content (AvgIpc) is 2.66. The molecule has 2 aromatic rings. The summed E-state index contributed by atoms with van der Waals surface area (Å²) in [5, 5.41) is 2.95. The normalized spacial score (nSPS) is 23.9. The molecule has 1 amide bonds. The van der Waals surface area contributed by atoms with Crippen molar-refractivity contribution < 1.29 is 19.1 Å². The predicted molar refractivity (Wildman–Crippen MR) is 96.1 cm³/mol. The van der Waals surface area contributed by atoms with Gasteiger partial charge in [0.1, 0.15) is 5.75 Å². The van der Waals surface area contributed by atoms with E-state index in [1.165, 1.54) is 0 Å². The van der Waals surface area contributed by atoms with Crippen molar-refractivity contribution in [2.45, 2.75) is 25.4 Å². The molecule has 134 valence electrons. The van der Waals surface area contributed by atoms with Gasteiger partial charge in [-0.3, -0.25) is 4.79 Å². The zero-order valence-corrected chi connectivity index (χ0v) is 14.7. The molecule has 4 rings (SSSR count). The maximum Gasteiger partial charge on any atom is 0.339 e. The quantitative estimate of drug-likeness (QED) is 0.863. The molecule has 26 heavy (non-hydrogen) atoms. The average molecular weight is 351 g/mol. The van der Waals surface area contributed by atoms with Gasteiger partial charge in [0.2, 0.25) is 0 Å². The highest BCUT2D eigenvalue weighted by Gasteiger charge is 2.42. The van der Waals surface area contributed by atoms with Crippen LogP contribution in [0.2, 0.25) is 0 Å². The number of hydrogen-bond donors (Lipinski definition) is 1. The molecule has 0 fully saturated rings. The van der Waals surface area contributed by atoms with E-state index < -0.39 is 11.6 Å². The first-order valence-corrected chi connectivity index (χ1v) is 8.85. The third-order valence-electron chi connectivity index (χ3n) is 5.07. The lowest BCUT2D eigenvalue weighted by Gasteiger charge is -2.34. The molecule has 0 aromatic heterocycles. The fraction of sp³-hybridized carbons (Fsp3) is 0.333. The Morgan fingerprint density at radius 1 is 1.15 bits per heavy atom. The molecular formula is C21H21NO4. The number of carbonyl (C=O) groups is 2. The Bertz CT molecular complexity index is 863. The van der Waals surface area contributed by atoms with E-state index in [1.807, 2.05) is 36.4 Å². The van der Waals surface area contributed by atoms with E-state index >= 15 is 0 Å². The summed E-state index contributed by atoms with van der Waals surface area (Å²) < 4.78 is 11.2. The van der Waals surface area contributed by atoms with E-state index in [1.54, 1.807) is 19.1 Å². The van der Waals surface area contributed by atoms with E-state index in [4.69, 9.17) is 9.47 Å². The van der Waals surface area contributed by atoms with Crippen molar-refractivity contribution in [2.75, 3.05) is 13.2 Å². The molecular weight excluding hydrogens is 330 g/mol. The molecule has 5 heteroatoms. The first-order valence-electron chi connectivity index (χ1n) is 8.85. The van der Waals surface area contributed by atoms with Gasteiger partial charge in [-0.15, -0.1) is 0 Å². The predicted octanol–water partition coefficient (Wildman–Crippen LogP) is 2.53. The number of rotatable bonds is 3. The van der Waals surface area contributed by atoms with Crippen LogP contribution in [0.3, 0.4) is 0 Å². The van der Waals surface area contributed by atoms with Crippen molar-refractivity contribution in [2.24, 2.45) is 5.92 Å². The summed E-state index contributed by atoms with van der Waals surface area (Å²) in [5.41, 5.74) is 1.35. The van der Waals surface area contributed by atoms with Gasteiger partial charge < -0.3 is 14.8 Å². The molecule has 0 saturated heterocycles. The maximum atomic E-state index is 12.7. The highest BCUT2D eigenvalue weighted by Crippen LogP contribution is 2.29. The van der Waals surface area contributed by atoms with Gasteiger partial charge in [-0.1, -0.05) is 36.4 Å². The van der Waals surface area contributed by atoms with E-state index in [2.05, 4.69) is 5.32 Å². The number of carbonyl (C=O) groups excluding carboxylic acids is 2. The van der Waals surface area contributed by atoms with Gasteiger partial charge in [-0.05, 0) is 36.6 Å². The second kappa shape index (κ2) is 6.48. The lowest BCUT2D eigenvalue weighted by molar-refractivity contribution is -0.140. The van der Waals surface area contributed by atoms with Crippen molar-refractivity contribution >= 4 is 11.9 Å². The van der Waals surface area contributed by atoms with Gasteiger partial charge in [0, 0.05) is 18.9 Å². The Hall–Kier alpha value is -2.82. The number of benzene rings is 2. The van der Waals surface area contributed by atoms with Crippen molar-refractivity contribution in [1.82, 2.24) is 5.32 Å². The zero-order chi connectivity index (χ0) is 18.1. The summed E-state index contributed by atoms with van der Waals surface area (Å²) in [7, 11) is 0. The number of esters is 1. The molecule has 0 aliphatic carbocycles. The lowest BCUT2D eigenvalue weighted by atomic mass is 9.89. The number of hydrogen-bond acceptors (Lipinski definition) is 4. The molecule has 2 aromatic carbocycles. The highest BCUT2D eigenvalue weighted by molar-refractivity contribution is 5.97. The van der Waals surface area contributed by atoms with Crippen LogP contribution in [0, 0.1) is 5.92 Å². The Balaban J connectivity index is 1.40. The number of ether oxygens (including phenoxy) is 2. The summed E-state index contributed by atoms with van der Waals surface area (Å²) in [6, 6.07) is 15.2. The Kier molecular flexibility index (Phi) is 4.15. The molecule has 0 radical (unpaired) electrons. The minimum atomic E-state index is -1.18. The van der Waals surface area contributed by atoms with Crippen LogP contribution in [0.5, 0.6) is 5.75 Å². The van der Waals surface area contributed by atoms with Crippen LogP contribution in [0.4, 0.5) is 0 Å². The van der Waals surface area contributed by atoms with E-state index in [0.29, 0.717) is 25.1 Å². The minimum Gasteiger partial charge on any atom is -0.493 e. The monoisotopic (exact) mass is 351 g/mol. The van der Waals surface area contributed by atoms with Crippen molar-refractivity contribution in [1.29, 1.82) is 0 Å². The second-order valence-electron chi connectivity index (χ2n) is 7.15. The van der Waals surface area contributed by atoms with Gasteiger partial charge in [0.25, 0.3) is 5.91 Å². The fourth-order valence-electron chi connectivity index (χ4n) is 3.61. The third kappa shape index (κ3) is 3.05.